The van der Waals surface area contributed by atoms with Crippen molar-refractivity contribution in [3.63, 3.8) is 0 Å². The molecular weight excluding hydrogens is 346 g/mol. The van der Waals surface area contributed by atoms with Gasteiger partial charge in [0.25, 0.3) is 5.91 Å². The van der Waals surface area contributed by atoms with E-state index in [0.29, 0.717) is 30.4 Å². The maximum atomic E-state index is 12.1. The first-order chi connectivity index (χ1) is 12.8. The fourth-order valence-electron chi connectivity index (χ4n) is 2.46. The highest BCUT2D eigenvalue weighted by Gasteiger charge is 2.17. The molecular formula is C19H27N5O3. The summed E-state index contributed by atoms with van der Waals surface area (Å²) >= 11 is 0. The van der Waals surface area contributed by atoms with Gasteiger partial charge >= 0.3 is 0 Å². The zero-order chi connectivity index (χ0) is 19.8. The maximum Gasteiger partial charge on any atom is 0.251 e. The molecule has 8 nitrogen and oxygen atoms in total. The van der Waals surface area contributed by atoms with Crippen LogP contribution in [-0.4, -0.2) is 53.0 Å². The fourth-order valence-corrected chi connectivity index (χ4v) is 2.46. The molecule has 1 aromatic heterocycles. The van der Waals surface area contributed by atoms with E-state index in [1.54, 1.807) is 17.0 Å². The van der Waals surface area contributed by atoms with Gasteiger partial charge in [0.15, 0.2) is 5.82 Å². The average molecular weight is 373 g/mol. The van der Waals surface area contributed by atoms with E-state index in [1.165, 1.54) is 0 Å². The first-order valence-electron chi connectivity index (χ1n) is 8.98. The standard InChI is InChI=1S/C19H27N5O3/c1-13(2)21-16(25)11-24(4)12-17-22-18(23-27-17)14(3)10-20-19(26)15-8-6-5-7-9-15/h5-9,13-14H,10-12H2,1-4H3,(H,20,26)(H,21,25). The SMILES string of the molecule is CC(C)NC(=O)CN(C)Cc1nc(C(C)CNC(=O)c2ccccc2)no1. The quantitative estimate of drug-likeness (QED) is 0.692. The van der Waals surface area contributed by atoms with Crippen LogP contribution in [0.4, 0.5) is 0 Å². The molecule has 146 valence electrons. The molecule has 0 aliphatic rings. The van der Waals surface area contributed by atoms with Crippen molar-refractivity contribution in [3.05, 3.63) is 47.6 Å². The summed E-state index contributed by atoms with van der Waals surface area (Å²) in [5.74, 6) is 0.681. The van der Waals surface area contributed by atoms with Crippen LogP contribution in [0.3, 0.4) is 0 Å². The molecule has 1 atom stereocenters. The second-order valence-corrected chi connectivity index (χ2v) is 6.92. The number of carbonyl (C=O) groups excluding carboxylic acids is 2. The fraction of sp³-hybridized carbons (Fsp3) is 0.474. The normalized spacial score (nSPS) is 12.2. The Hall–Kier alpha value is -2.74. The Morgan fingerprint density at radius 1 is 1.19 bits per heavy atom. The molecule has 2 rings (SSSR count). The van der Waals surface area contributed by atoms with Crippen molar-refractivity contribution >= 4 is 11.8 Å². The third kappa shape index (κ3) is 6.82. The van der Waals surface area contributed by atoms with Crippen LogP contribution in [0.25, 0.3) is 0 Å². The average Bonchev–Trinajstić information content (AvgIpc) is 3.07. The lowest BCUT2D eigenvalue weighted by molar-refractivity contribution is -0.122. The molecule has 1 unspecified atom stereocenters. The molecule has 8 heteroatoms. The van der Waals surface area contributed by atoms with E-state index in [1.807, 2.05) is 46.0 Å². The molecule has 0 aliphatic carbocycles. The molecule has 0 bridgehead atoms. The summed E-state index contributed by atoms with van der Waals surface area (Å²) in [4.78, 5) is 30.0. The number of hydrogen-bond donors (Lipinski definition) is 2. The number of benzene rings is 1. The van der Waals surface area contributed by atoms with Gasteiger partial charge in [-0.25, -0.2) is 0 Å². The number of aromatic nitrogens is 2. The third-order valence-corrected chi connectivity index (χ3v) is 3.80. The Kier molecular flexibility index (Phi) is 7.48. The molecule has 0 saturated heterocycles. The van der Waals surface area contributed by atoms with Crippen LogP contribution in [0.1, 0.15) is 48.8 Å². The molecule has 0 aliphatic heterocycles. The van der Waals surface area contributed by atoms with Gasteiger partial charge in [-0.2, -0.15) is 4.98 Å². The lowest BCUT2D eigenvalue weighted by atomic mass is 10.1. The Morgan fingerprint density at radius 2 is 1.89 bits per heavy atom. The number of carbonyl (C=O) groups is 2. The zero-order valence-electron chi connectivity index (χ0n) is 16.2. The van der Waals surface area contributed by atoms with Crippen LogP contribution < -0.4 is 10.6 Å². The molecule has 1 aromatic carbocycles. The largest absolute Gasteiger partial charge is 0.353 e. The maximum absolute atomic E-state index is 12.1. The molecule has 2 amide bonds. The molecule has 0 saturated carbocycles. The minimum absolute atomic E-state index is 0.0516. The highest BCUT2D eigenvalue weighted by Crippen LogP contribution is 2.11. The van der Waals surface area contributed by atoms with E-state index in [0.717, 1.165) is 0 Å². The lowest BCUT2D eigenvalue weighted by Gasteiger charge is -2.15. The number of nitrogens with one attached hydrogen (secondary N) is 2. The van der Waals surface area contributed by atoms with Crippen LogP contribution >= 0.6 is 0 Å². The summed E-state index contributed by atoms with van der Waals surface area (Å²) in [5.41, 5.74) is 0.611. The van der Waals surface area contributed by atoms with Crippen molar-refractivity contribution in [3.8, 4) is 0 Å². The molecule has 1 heterocycles. The predicted molar refractivity (Wildman–Crippen MR) is 101 cm³/mol. The van der Waals surface area contributed by atoms with Crippen LogP contribution in [0.5, 0.6) is 0 Å². The Bertz CT molecular complexity index is 745. The van der Waals surface area contributed by atoms with Gasteiger partial charge in [-0.3, -0.25) is 14.5 Å². The number of likely N-dealkylation sites (N-methyl/N-ethyl adjacent to an activating group) is 1. The van der Waals surface area contributed by atoms with Crippen molar-refractivity contribution in [1.29, 1.82) is 0 Å². The first-order valence-corrected chi connectivity index (χ1v) is 8.98. The van der Waals surface area contributed by atoms with Gasteiger partial charge in [-0.1, -0.05) is 30.3 Å². The van der Waals surface area contributed by atoms with Crippen molar-refractivity contribution < 1.29 is 14.1 Å². The van der Waals surface area contributed by atoms with E-state index in [-0.39, 0.29) is 30.3 Å². The van der Waals surface area contributed by atoms with Gasteiger partial charge in [0.1, 0.15) is 0 Å². The van der Waals surface area contributed by atoms with Gasteiger partial charge in [-0.15, -0.1) is 0 Å². The van der Waals surface area contributed by atoms with Gasteiger partial charge < -0.3 is 15.2 Å². The lowest BCUT2D eigenvalue weighted by Crippen LogP contribution is -2.38. The highest BCUT2D eigenvalue weighted by atomic mass is 16.5. The molecule has 27 heavy (non-hydrogen) atoms. The van der Waals surface area contributed by atoms with Crippen molar-refractivity contribution in [2.24, 2.45) is 0 Å². The number of amides is 2. The third-order valence-electron chi connectivity index (χ3n) is 3.80. The Labute approximate surface area is 159 Å². The highest BCUT2D eigenvalue weighted by molar-refractivity contribution is 5.94. The number of hydrogen-bond acceptors (Lipinski definition) is 6. The molecule has 0 radical (unpaired) electrons. The van der Waals surface area contributed by atoms with Gasteiger partial charge in [0, 0.05) is 24.1 Å². The van der Waals surface area contributed by atoms with Crippen molar-refractivity contribution in [1.82, 2.24) is 25.7 Å². The monoisotopic (exact) mass is 373 g/mol. The molecule has 2 N–H and O–H groups in total. The molecule has 0 fully saturated rings. The molecule has 0 spiro atoms. The van der Waals surface area contributed by atoms with Crippen LogP contribution in [0.15, 0.2) is 34.9 Å². The van der Waals surface area contributed by atoms with Gasteiger partial charge in [-0.05, 0) is 33.0 Å². The smallest absolute Gasteiger partial charge is 0.251 e. The zero-order valence-corrected chi connectivity index (χ0v) is 16.2. The summed E-state index contributed by atoms with van der Waals surface area (Å²) < 4.78 is 5.26. The van der Waals surface area contributed by atoms with Crippen molar-refractivity contribution in [2.45, 2.75) is 39.3 Å². The minimum atomic E-state index is -0.137. The first kappa shape index (κ1) is 20.6. The summed E-state index contributed by atoms with van der Waals surface area (Å²) in [6, 6.07) is 9.13. The van der Waals surface area contributed by atoms with E-state index >= 15 is 0 Å². The summed E-state index contributed by atoms with van der Waals surface area (Å²) in [7, 11) is 1.81. The minimum Gasteiger partial charge on any atom is -0.353 e. The van der Waals surface area contributed by atoms with Gasteiger partial charge in [0.05, 0.1) is 13.1 Å². The van der Waals surface area contributed by atoms with Gasteiger partial charge in [0.2, 0.25) is 11.8 Å². The Morgan fingerprint density at radius 3 is 2.56 bits per heavy atom. The topological polar surface area (TPSA) is 100 Å². The summed E-state index contributed by atoms with van der Waals surface area (Å²) in [6.45, 7) is 6.78. The van der Waals surface area contributed by atoms with Crippen molar-refractivity contribution in [2.75, 3.05) is 20.1 Å². The number of nitrogens with zero attached hydrogens (tertiary/aromatic N) is 3. The Balaban J connectivity index is 1.81. The summed E-state index contributed by atoms with van der Waals surface area (Å²) in [5, 5.41) is 9.69. The second-order valence-electron chi connectivity index (χ2n) is 6.92. The van der Waals surface area contributed by atoms with E-state index < -0.39 is 0 Å². The van der Waals surface area contributed by atoms with E-state index in [2.05, 4.69) is 20.8 Å². The van der Waals surface area contributed by atoms with Crippen LogP contribution in [-0.2, 0) is 11.3 Å². The number of rotatable bonds is 9. The van der Waals surface area contributed by atoms with Crippen LogP contribution in [0, 0.1) is 0 Å². The predicted octanol–water partition coefficient (Wildman–Crippen LogP) is 1.56. The van der Waals surface area contributed by atoms with E-state index in [4.69, 9.17) is 4.52 Å². The molecule has 2 aromatic rings. The van der Waals surface area contributed by atoms with Crippen LogP contribution in [0.2, 0.25) is 0 Å². The second kappa shape index (κ2) is 9.82. The summed E-state index contributed by atoms with van der Waals surface area (Å²) in [6.07, 6.45) is 0. The van der Waals surface area contributed by atoms with E-state index in [9.17, 15) is 9.59 Å².